The van der Waals surface area contributed by atoms with Gasteiger partial charge in [-0.2, -0.15) is 0 Å². The molecule has 0 saturated carbocycles. The highest BCUT2D eigenvalue weighted by molar-refractivity contribution is 5.71. The SMILES string of the molecule is CC/C=C\C/C=C\C/C=C\C/C=C\C/C=C\C/C=C\C/C=C\C/C=C\C/C=C\CCCCCCCC(=O)OCC(COC(=O)CCCCCCC)OC(=O)CCCCCCCCCCCCCCCCCCCCCC. The summed E-state index contributed by atoms with van der Waals surface area (Å²) < 4.78 is 16.7. The van der Waals surface area contributed by atoms with E-state index in [1.165, 1.54) is 116 Å². The molecule has 0 aliphatic heterocycles. The van der Waals surface area contributed by atoms with Gasteiger partial charge in [-0.3, -0.25) is 14.4 Å². The van der Waals surface area contributed by atoms with Crippen LogP contribution in [0, 0.1) is 0 Å². The van der Waals surface area contributed by atoms with E-state index in [-0.39, 0.29) is 31.1 Å². The minimum Gasteiger partial charge on any atom is -0.462 e. The van der Waals surface area contributed by atoms with Crippen molar-refractivity contribution in [2.75, 3.05) is 13.2 Å². The maximum absolute atomic E-state index is 12.8. The van der Waals surface area contributed by atoms with Gasteiger partial charge < -0.3 is 14.2 Å². The second kappa shape index (κ2) is 63.6. The molecule has 0 radical (unpaired) electrons. The van der Waals surface area contributed by atoms with Gasteiger partial charge in [0, 0.05) is 19.3 Å². The molecule has 1 unspecified atom stereocenters. The Bertz CT molecular complexity index is 1540. The predicted molar refractivity (Wildman–Crippen MR) is 330 cm³/mol. The van der Waals surface area contributed by atoms with Gasteiger partial charge in [-0.15, -0.1) is 0 Å². The van der Waals surface area contributed by atoms with Crippen LogP contribution in [0.1, 0.15) is 297 Å². The first-order valence-electron chi connectivity index (χ1n) is 31.9. The van der Waals surface area contributed by atoms with E-state index >= 15 is 0 Å². The first-order valence-corrected chi connectivity index (χ1v) is 31.9. The van der Waals surface area contributed by atoms with Crippen molar-refractivity contribution in [3.63, 3.8) is 0 Å². The fourth-order valence-electron chi connectivity index (χ4n) is 8.79. The van der Waals surface area contributed by atoms with E-state index < -0.39 is 6.10 Å². The van der Waals surface area contributed by atoms with Gasteiger partial charge in [-0.1, -0.05) is 297 Å². The third-order valence-corrected chi connectivity index (χ3v) is 13.5. The first-order chi connectivity index (χ1) is 37.5. The van der Waals surface area contributed by atoms with Crippen LogP contribution in [0.2, 0.25) is 0 Å². The van der Waals surface area contributed by atoms with E-state index in [2.05, 4.69) is 130 Å². The Hall–Kier alpha value is -3.93. The maximum Gasteiger partial charge on any atom is 0.306 e. The number of carbonyl (C=O) groups excluding carboxylic acids is 3. The topological polar surface area (TPSA) is 78.9 Å². The molecule has 6 heteroatoms. The Morgan fingerprint density at radius 2 is 0.513 bits per heavy atom. The van der Waals surface area contributed by atoms with Crippen LogP contribution in [0.15, 0.2) is 109 Å². The number of rotatable bonds is 57. The standard InChI is InChI=1S/C70H118O6/c1-4-7-10-13-15-17-19-21-23-25-27-29-30-31-32-33-34-35-36-37-38-39-40-41-43-44-46-48-50-52-54-57-60-63-69(72)75-66-67(65-74-68(71)62-59-56-12-9-6-3)76-70(73)64-61-58-55-53-51-49-47-45-42-28-26-24-22-20-18-16-14-11-8-5-2/h7,10,15,17,21,23,27,29,31-32,34-35,37-38,40-41,44,46,67H,4-6,8-9,11-14,16,18-20,22,24-26,28,30,33,36,39,42-43,45,47-66H2,1-3H3/b10-7-,17-15-,23-21-,29-27-,32-31-,35-34-,38-37-,41-40-,46-44-. The molecular weight excluding hydrogens is 937 g/mol. The van der Waals surface area contributed by atoms with Gasteiger partial charge in [0.25, 0.3) is 0 Å². The smallest absolute Gasteiger partial charge is 0.306 e. The molecule has 0 saturated heterocycles. The lowest BCUT2D eigenvalue weighted by molar-refractivity contribution is -0.167. The van der Waals surface area contributed by atoms with E-state index in [0.29, 0.717) is 19.3 Å². The van der Waals surface area contributed by atoms with Gasteiger partial charge >= 0.3 is 17.9 Å². The molecule has 0 fully saturated rings. The molecule has 0 aromatic carbocycles. The van der Waals surface area contributed by atoms with Crippen LogP contribution in [0.25, 0.3) is 0 Å². The monoisotopic (exact) mass is 1050 g/mol. The van der Waals surface area contributed by atoms with E-state index in [0.717, 1.165) is 141 Å². The zero-order valence-electron chi connectivity index (χ0n) is 49.7. The average Bonchev–Trinajstić information content (AvgIpc) is 3.42. The van der Waals surface area contributed by atoms with Crippen molar-refractivity contribution in [3.05, 3.63) is 109 Å². The highest BCUT2D eigenvalue weighted by atomic mass is 16.6. The molecule has 0 heterocycles. The van der Waals surface area contributed by atoms with Crippen LogP contribution < -0.4 is 0 Å². The number of unbranched alkanes of at least 4 members (excludes halogenated alkanes) is 28. The Morgan fingerprint density at radius 1 is 0.276 bits per heavy atom. The molecule has 434 valence electrons. The molecular formula is C70H118O6. The lowest BCUT2D eigenvalue weighted by Crippen LogP contribution is -2.30. The van der Waals surface area contributed by atoms with Crippen molar-refractivity contribution in [1.29, 1.82) is 0 Å². The van der Waals surface area contributed by atoms with Crippen LogP contribution in [0.3, 0.4) is 0 Å². The molecule has 0 aromatic heterocycles. The molecule has 0 aliphatic rings. The van der Waals surface area contributed by atoms with Crippen molar-refractivity contribution in [2.24, 2.45) is 0 Å². The van der Waals surface area contributed by atoms with E-state index in [9.17, 15) is 14.4 Å². The Kier molecular flexibility index (Phi) is 60.3. The van der Waals surface area contributed by atoms with E-state index in [4.69, 9.17) is 14.2 Å². The Labute approximate surface area is 470 Å². The summed E-state index contributed by atoms with van der Waals surface area (Å²) in [4.78, 5) is 37.9. The molecule has 0 amide bonds. The molecule has 1 atom stereocenters. The van der Waals surface area contributed by atoms with E-state index in [1.807, 2.05) is 0 Å². The second-order valence-corrected chi connectivity index (χ2v) is 21.0. The summed E-state index contributed by atoms with van der Waals surface area (Å²) in [6, 6.07) is 0. The Balaban J connectivity index is 4.10. The van der Waals surface area contributed by atoms with Crippen LogP contribution in [0.5, 0.6) is 0 Å². The molecule has 0 aliphatic carbocycles. The third kappa shape index (κ3) is 60.9. The van der Waals surface area contributed by atoms with Crippen molar-refractivity contribution in [3.8, 4) is 0 Å². The minimum absolute atomic E-state index is 0.0829. The van der Waals surface area contributed by atoms with Crippen LogP contribution >= 0.6 is 0 Å². The van der Waals surface area contributed by atoms with Gasteiger partial charge in [-0.05, 0) is 89.9 Å². The summed E-state index contributed by atoms with van der Waals surface area (Å²) in [5, 5.41) is 0. The summed E-state index contributed by atoms with van der Waals surface area (Å²) in [6.07, 6.45) is 87.2. The van der Waals surface area contributed by atoms with Gasteiger partial charge in [0.1, 0.15) is 13.2 Å². The molecule has 0 N–H and O–H groups in total. The van der Waals surface area contributed by atoms with Gasteiger partial charge in [-0.25, -0.2) is 0 Å². The third-order valence-electron chi connectivity index (χ3n) is 13.5. The van der Waals surface area contributed by atoms with Crippen molar-refractivity contribution in [2.45, 2.75) is 303 Å². The second-order valence-electron chi connectivity index (χ2n) is 21.0. The summed E-state index contributed by atoms with van der Waals surface area (Å²) in [5.41, 5.74) is 0. The van der Waals surface area contributed by atoms with Crippen molar-refractivity contribution >= 4 is 17.9 Å². The molecule has 0 spiro atoms. The predicted octanol–water partition coefficient (Wildman–Crippen LogP) is 21.8. The summed E-state index contributed by atoms with van der Waals surface area (Å²) in [5.74, 6) is -0.909. The number of ether oxygens (including phenoxy) is 3. The minimum atomic E-state index is -0.782. The molecule has 0 aromatic rings. The zero-order valence-corrected chi connectivity index (χ0v) is 49.7. The van der Waals surface area contributed by atoms with Crippen LogP contribution in [-0.2, 0) is 28.6 Å². The fraction of sp³-hybridized carbons (Fsp3) is 0.700. The first kappa shape index (κ1) is 72.1. The maximum atomic E-state index is 12.8. The van der Waals surface area contributed by atoms with Gasteiger partial charge in [0.05, 0.1) is 0 Å². The van der Waals surface area contributed by atoms with Crippen LogP contribution in [-0.4, -0.2) is 37.2 Å². The van der Waals surface area contributed by atoms with E-state index in [1.54, 1.807) is 0 Å². The quantitative estimate of drug-likeness (QED) is 0.0261. The van der Waals surface area contributed by atoms with Gasteiger partial charge in [0.15, 0.2) is 6.10 Å². The number of esters is 3. The number of hydrogen-bond acceptors (Lipinski definition) is 6. The number of hydrogen-bond donors (Lipinski definition) is 0. The zero-order chi connectivity index (χ0) is 55.0. The number of carbonyl (C=O) groups is 3. The summed E-state index contributed by atoms with van der Waals surface area (Å²) in [7, 11) is 0. The molecule has 6 nitrogen and oxygen atoms in total. The van der Waals surface area contributed by atoms with Crippen LogP contribution in [0.4, 0.5) is 0 Å². The lowest BCUT2D eigenvalue weighted by Gasteiger charge is -2.18. The summed E-state index contributed by atoms with van der Waals surface area (Å²) >= 11 is 0. The largest absolute Gasteiger partial charge is 0.462 e. The normalized spacial score (nSPS) is 12.8. The van der Waals surface area contributed by atoms with Crippen molar-refractivity contribution < 1.29 is 28.6 Å². The molecule has 0 rings (SSSR count). The fourth-order valence-corrected chi connectivity index (χ4v) is 8.79. The number of allylic oxidation sites excluding steroid dienone is 18. The molecule has 0 bridgehead atoms. The highest BCUT2D eigenvalue weighted by Crippen LogP contribution is 2.16. The highest BCUT2D eigenvalue weighted by Gasteiger charge is 2.19. The average molecular weight is 1060 g/mol. The molecule has 76 heavy (non-hydrogen) atoms. The Morgan fingerprint density at radius 3 is 0.803 bits per heavy atom. The van der Waals surface area contributed by atoms with Crippen molar-refractivity contribution in [1.82, 2.24) is 0 Å². The lowest BCUT2D eigenvalue weighted by atomic mass is 10.0. The van der Waals surface area contributed by atoms with Gasteiger partial charge in [0.2, 0.25) is 0 Å². The summed E-state index contributed by atoms with van der Waals surface area (Å²) in [6.45, 7) is 6.45.